The summed E-state index contributed by atoms with van der Waals surface area (Å²) in [5, 5.41) is 0. The highest BCUT2D eigenvalue weighted by Crippen LogP contribution is 2.19. The molecule has 0 N–H and O–H groups in total. The van der Waals surface area contributed by atoms with Gasteiger partial charge < -0.3 is 9.80 Å². The van der Waals surface area contributed by atoms with Gasteiger partial charge in [0.15, 0.2) is 11.6 Å². The zero-order valence-corrected chi connectivity index (χ0v) is 12.0. The van der Waals surface area contributed by atoms with Crippen molar-refractivity contribution in [2.75, 3.05) is 38.1 Å². The largest absolute Gasteiger partial charge is 0.352 e. The maximum atomic E-state index is 13.9. The van der Waals surface area contributed by atoms with Crippen molar-refractivity contribution in [1.82, 2.24) is 14.9 Å². The number of likely N-dealkylation sites (N-methyl/N-ethyl adjacent to an activating group) is 1. The molecule has 0 aromatic carbocycles. The fourth-order valence-electron chi connectivity index (χ4n) is 1.91. The van der Waals surface area contributed by atoms with Crippen LogP contribution in [0.15, 0.2) is 0 Å². The highest BCUT2D eigenvalue weighted by Gasteiger charge is 2.20. The molecule has 1 aromatic rings. The molecule has 0 bridgehead atoms. The first kappa shape index (κ1) is 14.8. The van der Waals surface area contributed by atoms with E-state index in [1.807, 2.05) is 18.7 Å². The van der Waals surface area contributed by atoms with Crippen LogP contribution in [0.1, 0.15) is 25.4 Å². The Morgan fingerprint density at radius 2 is 1.56 bits per heavy atom. The first-order valence-corrected chi connectivity index (χ1v) is 6.52. The van der Waals surface area contributed by atoms with Crippen LogP contribution in [0.4, 0.5) is 10.2 Å². The Bertz CT molecular complexity index is 387. The van der Waals surface area contributed by atoms with Crippen LogP contribution in [0.2, 0.25) is 0 Å². The standard InChI is InChI=1S/C11H17FN4.C2H6/c1-8-10(12)11(14-9(2)13-8)16-6-4-15(3)5-7-16;1-2/h4-7H2,1-3H3;1-2H3. The lowest BCUT2D eigenvalue weighted by Crippen LogP contribution is -2.45. The molecule has 0 unspecified atom stereocenters. The van der Waals surface area contributed by atoms with Gasteiger partial charge in [-0.2, -0.15) is 0 Å². The monoisotopic (exact) mass is 254 g/mol. The average Bonchev–Trinajstić information content (AvgIpc) is 2.37. The minimum absolute atomic E-state index is 0.282. The molecule has 1 aromatic heterocycles. The fraction of sp³-hybridized carbons (Fsp3) is 0.692. The Balaban J connectivity index is 0.000000771. The van der Waals surface area contributed by atoms with E-state index in [1.165, 1.54) is 0 Å². The maximum absolute atomic E-state index is 13.9. The molecule has 0 amide bonds. The average molecular weight is 254 g/mol. The molecule has 18 heavy (non-hydrogen) atoms. The molecule has 1 aliphatic heterocycles. The summed E-state index contributed by atoms with van der Waals surface area (Å²) in [6.07, 6.45) is 0. The Kier molecular flexibility index (Phi) is 5.47. The van der Waals surface area contributed by atoms with E-state index in [4.69, 9.17) is 0 Å². The number of rotatable bonds is 1. The van der Waals surface area contributed by atoms with Gasteiger partial charge in [0, 0.05) is 26.2 Å². The Morgan fingerprint density at radius 1 is 1.00 bits per heavy atom. The lowest BCUT2D eigenvalue weighted by atomic mass is 10.3. The molecule has 1 saturated heterocycles. The summed E-state index contributed by atoms with van der Waals surface area (Å²) in [6, 6.07) is 0. The van der Waals surface area contributed by atoms with Crippen LogP contribution in [0.3, 0.4) is 0 Å². The van der Waals surface area contributed by atoms with E-state index in [1.54, 1.807) is 13.8 Å². The van der Waals surface area contributed by atoms with Crippen LogP contribution in [0.5, 0.6) is 0 Å². The minimum atomic E-state index is -0.282. The van der Waals surface area contributed by atoms with Gasteiger partial charge in [0.25, 0.3) is 0 Å². The number of hydrogen-bond acceptors (Lipinski definition) is 4. The van der Waals surface area contributed by atoms with Gasteiger partial charge in [-0.3, -0.25) is 0 Å². The van der Waals surface area contributed by atoms with Gasteiger partial charge >= 0.3 is 0 Å². The van der Waals surface area contributed by atoms with Crippen molar-refractivity contribution >= 4 is 5.82 Å². The molecule has 2 rings (SSSR count). The number of piperazine rings is 1. The SMILES string of the molecule is CC.Cc1nc(C)c(F)c(N2CCN(C)CC2)n1. The quantitative estimate of drug-likeness (QED) is 0.767. The Hall–Kier alpha value is -1.23. The molecular formula is C13H23FN4. The third-order valence-corrected chi connectivity index (χ3v) is 2.91. The van der Waals surface area contributed by atoms with Crippen LogP contribution < -0.4 is 4.90 Å². The van der Waals surface area contributed by atoms with Gasteiger partial charge in [-0.05, 0) is 20.9 Å². The zero-order valence-electron chi connectivity index (χ0n) is 12.0. The van der Waals surface area contributed by atoms with Crippen molar-refractivity contribution in [3.8, 4) is 0 Å². The summed E-state index contributed by atoms with van der Waals surface area (Å²) in [4.78, 5) is 12.5. The predicted octanol–water partition coefficient (Wildman–Crippen LogP) is 2.01. The van der Waals surface area contributed by atoms with E-state index in [2.05, 4.69) is 21.9 Å². The number of aryl methyl sites for hydroxylation is 2. The van der Waals surface area contributed by atoms with Crippen LogP contribution in [-0.2, 0) is 0 Å². The zero-order chi connectivity index (χ0) is 13.7. The van der Waals surface area contributed by atoms with Crippen LogP contribution in [0.25, 0.3) is 0 Å². The number of anilines is 1. The summed E-state index contributed by atoms with van der Waals surface area (Å²) >= 11 is 0. The Morgan fingerprint density at radius 3 is 2.11 bits per heavy atom. The lowest BCUT2D eigenvalue weighted by Gasteiger charge is -2.33. The van der Waals surface area contributed by atoms with E-state index in [-0.39, 0.29) is 5.82 Å². The van der Waals surface area contributed by atoms with Crippen molar-refractivity contribution in [2.24, 2.45) is 0 Å². The molecule has 4 nitrogen and oxygen atoms in total. The van der Waals surface area contributed by atoms with Crippen LogP contribution >= 0.6 is 0 Å². The first-order chi connectivity index (χ1) is 8.58. The maximum Gasteiger partial charge on any atom is 0.186 e. The Labute approximate surface area is 109 Å². The topological polar surface area (TPSA) is 32.3 Å². The smallest absolute Gasteiger partial charge is 0.186 e. The summed E-state index contributed by atoms with van der Waals surface area (Å²) < 4.78 is 13.9. The minimum Gasteiger partial charge on any atom is -0.352 e. The second-order valence-electron chi connectivity index (χ2n) is 4.28. The highest BCUT2D eigenvalue weighted by molar-refractivity contribution is 5.42. The van der Waals surface area contributed by atoms with Crippen molar-refractivity contribution in [2.45, 2.75) is 27.7 Å². The number of aromatic nitrogens is 2. The van der Waals surface area contributed by atoms with E-state index in [0.717, 1.165) is 26.2 Å². The number of halogens is 1. The molecule has 0 aliphatic carbocycles. The van der Waals surface area contributed by atoms with Crippen LogP contribution in [-0.4, -0.2) is 48.1 Å². The number of nitrogens with zero attached hydrogens (tertiary/aromatic N) is 4. The molecule has 1 fully saturated rings. The van der Waals surface area contributed by atoms with E-state index in [9.17, 15) is 4.39 Å². The van der Waals surface area contributed by atoms with E-state index >= 15 is 0 Å². The predicted molar refractivity (Wildman–Crippen MR) is 72.5 cm³/mol. The molecule has 2 heterocycles. The molecule has 0 spiro atoms. The summed E-state index contributed by atoms with van der Waals surface area (Å²) in [5.41, 5.74) is 0.432. The van der Waals surface area contributed by atoms with Crippen molar-refractivity contribution in [3.63, 3.8) is 0 Å². The van der Waals surface area contributed by atoms with Crippen molar-refractivity contribution < 1.29 is 4.39 Å². The van der Waals surface area contributed by atoms with Gasteiger partial charge in [-0.1, -0.05) is 13.8 Å². The molecule has 0 saturated carbocycles. The normalized spacial score (nSPS) is 16.2. The van der Waals surface area contributed by atoms with E-state index in [0.29, 0.717) is 17.3 Å². The fourth-order valence-corrected chi connectivity index (χ4v) is 1.91. The van der Waals surface area contributed by atoms with Gasteiger partial charge in [-0.15, -0.1) is 0 Å². The van der Waals surface area contributed by atoms with Gasteiger partial charge in [0.05, 0.1) is 5.69 Å². The third kappa shape index (κ3) is 3.38. The lowest BCUT2D eigenvalue weighted by molar-refractivity contribution is 0.310. The molecule has 1 aliphatic rings. The summed E-state index contributed by atoms with van der Waals surface area (Å²) in [7, 11) is 2.07. The third-order valence-electron chi connectivity index (χ3n) is 2.91. The summed E-state index contributed by atoms with van der Waals surface area (Å²) in [5.74, 6) is 0.807. The first-order valence-electron chi connectivity index (χ1n) is 6.52. The van der Waals surface area contributed by atoms with E-state index < -0.39 is 0 Å². The van der Waals surface area contributed by atoms with Gasteiger partial charge in [0.2, 0.25) is 0 Å². The van der Waals surface area contributed by atoms with Gasteiger partial charge in [-0.25, -0.2) is 14.4 Å². The molecular weight excluding hydrogens is 231 g/mol. The molecule has 0 radical (unpaired) electrons. The van der Waals surface area contributed by atoms with Crippen molar-refractivity contribution in [3.05, 3.63) is 17.3 Å². The van der Waals surface area contributed by atoms with Crippen LogP contribution in [0, 0.1) is 19.7 Å². The molecule has 5 heteroatoms. The van der Waals surface area contributed by atoms with Crippen molar-refractivity contribution in [1.29, 1.82) is 0 Å². The second kappa shape index (κ2) is 6.64. The molecule has 0 atom stereocenters. The van der Waals surface area contributed by atoms with Gasteiger partial charge in [0.1, 0.15) is 5.82 Å². The highest BCUT2D eigenvalue weighted by atomic mass is 19.1. The summed E-state index contributed by atoms with van der Waals surface area (Å²) in [6.45, 7) is 11.0. The molecule has 102 valence electrons. The number of hydrogen-bond donors (Lipinski definition) is 0. The second-order valence-corrected chi connectivity index (χ2v) is 4.28.